The summed E-state index contributed by atoms with van der Waals surface area (Å²) < 4.78 is 11.2. The van der Waals surface area contributed by atoms with E-state index in [4.69, 9.17) is 9.47 Å². The quantitative estimate of drug-likeness (QED) is 0.734. The summed E-state index contributed by atoms with van der Waals surface area (Å²) in [5.74, 6) is 1.65. The summed E-state index contributed by atoms with van der Waals surface area (Å²) in [5, 5.41) is 3.34. The Balaban J connectivity index is 1.46. The molecule has 1 aromatic carbocycles. The van der Waals surface area contributed by atoms with Gasteiger partial charge in [0, 0.05) is 19.6 Å². The van der Waals surface area contributed by atoms with Crippen molar-refractivity contribution in [3.05, 3.63) is 30.3 Å². The van der Waals surface area contributed by atoms with Gasteiger partial charge in [-0.05, 0) is 31.0 Å². The van der Waals surface area contributed by atoms with E-state index in [0.717, 1.165) is 45.1 Å². The highest BCUT2D eigenvalue weighted by atomic mass is 16.5. The predicted octanol–water partition coefficient (Wildman–Crippen LogP) is 2.08. The van der Waals surface area contributed by atoms with Crippen molar-refractivity contribution in [2.75, 3.05) is 32.9 Å². The zero-order chi connectivity index (χ0) is 11.8. The van der Waals surface area contributed by atoms with E-state index in [2.05, 4.69) is 5.32 Å². The smallest absolute Gasteiger partial charge is 0.119 e. The van der Waals surface area contributed by atoms with Crippen molar-refractivity contribution in [1.29, 1.82) is 0 Å². The maximum absolute atomic E-state index is 5.64. The number of hydrogen-bond donors (Lipinski definition) is 1. The first-order valence-corrected chi connectivity index (χ1v) is 6.41. The summed E-state index contributed by atoms with van der Waals surface area (Å²) in [6.07, 6.45) is 2.20. The summed E-state index contributed by atoms with van der Waals surface area (Å²) in [6.45, 7) is 4.67. The van der Waals surface area contributed by atoms with Gasteiger partial charge in [-0.2, -0.15) is 0 Å². The third-order valence-corrected chi connectivity index (χ3v) is 2.96. The molecule has 1 aliphatic rings. The second-order valence-electron chi connectivity index (χ2n) is 4.45. The minimum atomic E-state index is 0.713. The van der Waals surface area contributed by atoms with E-state index in [0.29, 0.717) is 5.92 Å². The van der Waals surface area contributed by atoms with Crippen molar-refractivity contribution >= 4 is 0 Å². The molecule has 17 heavy (non-hydrogen) atoms. The zero-order valence-corrected chi connectivity index (χ0v) is 10.2. The largest absolute Gasteiger partial charge is 0.494 e. The fourth-order valence-corrected chi connectivity index (χ4v) is 1.97. The Kier molecular flexibility index (Phi) is 5.33. The normalized spacial score (nSPS) is 19.4. The van der Waals surface area contributed by atoms with Crippen LogP contribution in [0.15, 0.2) is 30.3 Å². The molecule has 0 saturated carbocycles. The van der Waals surface area contributed by atoms with E-state index in [-0.39, 0.29) is 0 Å². The van der Waals surface area contributed by atoms with Gasteiger partial charge in [0.1, 0.15) is 5.75 Å². The van der Waals surface area contributed by atoms with Crippen molar-refractivity contribution < 1.29 is 9.47 Å². The fourth-order valence-electron chi connectivity index (χ4n) is 1.97. The van der Waals surface area contributed by atoms with Crippen LogP contribution >= 0.6 is 0 Å². The molecule has 0 aliphatic carbocycles. The first-order valence-electron chi connectivity index (χ1n) is 6.41. The van der Waals surface area contributed by atoms with Crippen LogP contribution in [0.1, 0.15) is 12.8 Å². The van der Waals surface area contributed by atoms with Gasteiger partial charge in [0.25, 0.3) is 0 Å². The first-order chi connectivity index (χ1) is 8.45. The Labute approximate surface area is 103 Å². The number of ether oxygens (including phenoxy) is 2. The molecule has 1 heterocycles. The molecule has 1 N–H and O–H groups in total. The minimum Gasteiger partial charge on any atom is -0.494 e. The highest BCUT2D eigenvalue weighted by Gasteiger charge is 2.13. The van der Waals surface area contributed by atoms with Gasteiger partial charge in [-0.25, -0.2) is 0 Å². The summed E-state index contributed by atoms with van der Waals surface area (Å²) >= 11 is 0. The Morgan fingerprint density at radius 1 is 1.18 bits per heavy atom. The Hall–Kier alpha value is -1.06. The van der Waals surface area contributed by atoms with E-state index < -0.39 is 0 Å². The molecule has 0 aromatic heterocycles. The molecule has 0 bridgehead atoms. The van der Waals surface area contributed by atoms with Crippen LogP contribution in [-0.2, 0) is 4.74 Å². The lowest BCUT2D eigenvalue weighted by Gasteiger charge is -2.09. The van der Waals surface area contributed by atoms with Crippen molar-refractivity contribution in [2.24, 2.45) is 5.92 Å². The Bertz CT molecular complexity index is 296. The Morgan fingerprint density at radius 3 is 2.82 bits per heavy atom. The number of para-hydroxylation sites is 1. The molecule has 1 fully saturated rings. The topological polar surface area (TPSA) is 30.5 Å². The van der Waals surface area contributed by atoms with E-state index in [1.165, 1.54) is 6.42 Å². The molecular weight excluding hydrogens is 214 g/mol. The molecule has 3 heteroatoms. The lowest BCUT2D eigenvalue weighted by molar-refractivity contribution is 0.0939. The summed E-state index contributed by atoms with van der Waals surface area (Å²) in [5.41, 5.74) is 0. The van der Waals surface area contributed by atoms with Crippen LogP contribution in [0.2, 0.25) is 0 Å². The van der Waals surface area contributed by atoms with Gasteiger partial charge in [-0.1, -0.05) is 18.2 Å². The van der Waals surface area contributed by atoms with Gasteiger partial charge in [0.05, 0.1) is 13.2 Å². The van der Waals surface area contributed by atoms with Gasteiger partial charge in [0.15, 0.2) is 0 Å². The molecule has 0 spiro atoms. The average molecular weight is 235 g/mol. The molecular formula is C14H21NO2. The fraction of sp³-hybridized carbons (Fsp3) is 0.571. The number of rotatable bonds is 7. The number of hydrogen-bond acceptors (Lipinski definition) is 3. The average Bonchev–Trinajstić information content (AvgIpc) is 2.88. The van der Waals surface area contributed by atoms with Crippen molar-refractivity contribution in [3.63, 3.8) is 0 Å². The molecule has 1 unspecified atom stereocenters. The lowest BCUT2D eigenvalue weighted by atomic mass is 10.1. The molecule has 0 amide bonds. The molecule has 1 aliphatic heterocycles. The van der Waals surface area contributed by atoms with Gasteiger partial charge in [-0.3, -0.25) is 0 Å². The molecule has 2 rings (SSSR count). The van der Waals surface area contributed by atoms with E-state index in [1.54, 1.807) is 0 Å². The monoisotopic (exact) mass is 235 g/mol. The maximum atomic E-state index is 5.64. The highest BCUT2D eigenvalue weighted by Crippen LogP contribution is 2.09. The standard InChI is InChI=1S/C14H21NO2/c1-2-5-14(6-3-1)17-10-4-9-16-12-13-7-8-15-11-13/h1-3,5-6,13,15H,4,7-12H2. The lowest BCUT2D eigenvalue weighted by Crippen LogP contribution is -2.14. The van der Waals surface area contributed by atoms with Crippen molar-refractivity contribution in [2.45, 2.75) is 12.8 Å². The second-order valence-corrected chi connectivity index (χ2v) is 4.45. The molecule has 0 radical (unpaired) electrons. The predicted molar refractivity (Wildman–Crippen MR) is 68.3 cm³/mol. The van der Waals surface area contributed by atoms with Crippen LogP contribution in [0.25, 0.3) is 0 Å². The van der Waals surface area contributed by atoms with Crippen molar-refractivity contribution in [3.8, 4) is 5.75 Å². The summed E-state index contributed by atoms with van der Waals surface area (Å²) in [7, 11) is 0. The van der Waals surface area contributed by atoms with Crippen LogP contribution in [-0.4, -0.2) is 32.9 Å². The molecule has 1 saturated heterocycles. The maximum Gasteiger partial charge on any atom is 0.119 e. The van der Waals surface area contributed by atoms with Crippen molar-refractivity contribution in [1.82, 2.24) is 5.32 Å². The zero-order valence-electron chi connectivity index (χ0n) is 10.2. The number of benzene rings is 1. The highest BCUT2D eigenvalue weighted by molar-refractivity contribution is 5.20. The molecule has 1 aromatic rings. The second kappa shape index (κ2) is 7.30. The van der Waals surface area contributed by atoms with Crippen LogP contribution in [0.5, 0.6) is 5.75 Å². The number of nitrogens with one attached hydrogen (secondary N) is 1. The minimum absolute atomic E-state index is 0.713. The van der Waals surface area contributed by atoms with Gasteiger partial charge in [0.2, 0.25) is 0 Å². The van der Waals surface area contributed by atoms with Crippen LogP contribution in [0.3, 0.4) is 0 Å². The van der Waals surface area contributed by atoms with Crippen LogP contribution in [0, 0.1) is 5.92 Å². The first kappa shape index (κ1) is 12.4. The van der Waals surface area contributed by atoms with E-state index >= 15 is 0 Å². The van der Waals surface area contributed by atoms with E-state index in [1.807, 2.05) is 30.3 Å². The molecule has 1 atom stereocenters. The third-order valence-electron chi connectivity index (χ3n) is 2.96. The summed E-state index contributed by atoms with van der Waals surface area (Å²) in [6, 6.07) is 9.92. The van der Waals surface area contributed by atoms with Crippen LogP contribution in [0.4, 0.5) is 0 Å². The van der Waals surface area contributed by atoms with Crippen LogP contribution < -0.4 is 10.1 Å². The van der Waals surface area contributed by atoms with Gasteiger partial charge >= 0.3 is 0 Å². The summed E-state index contributed by atoms with van der Waals surface area (Å²) in [4.78, 5) is 0. The van der Waals surface area contributed by atoms with E-state index in [9.17, 15) is 0 Å². The third kappa shape index (κ3) is 4.75. The molecule has 94 valence electrons. The molecule has 3 nitrogen and oxygen atoms in total. The van der Waals surface area contributed by atoms with Gasteiger partial charge < -0.3 is 14.8 Å². The van der Waals surface area contributed by atoms with Gasteiger partial charge in [-0.15, -0.1) is 0 Å². The Morgan fingerprint density at radius 2 is 2.06 bits per heavy atom. The SMILES string of the molecule is c1ccc(OCCCOCC2CCNC2)cc1.